The molecule has 0 heterocycles. The molecule has 17 heavy (non-hydrogen) atoms. The van der Waals surface area contributed by atoms with Crippen LogP contribution in [-0.2, 0) is 9.59 Å². The first kappa shape index (κ1) is 14.8. The Labute approximate surface area is 99.0 Å². The zero-order chi connectivity index (χ0) is 13.3. The van der Waals surface area contributed by atoms with Gasteiger partial charge in [-0.05, 0) is 6.42 Å². The number of carbonyl (C=O) groups excluding carboxylic acids is 2. The van der Waals surface area contributed by atoms with Gasteiger partial charge in [0.05, 0.1) is 6.54 Å². The van der Waals surface area contributed by atoms with Crippen LogP contribution in [-0.4, -0.2) is 47.5 Å². The minimum atomic E-state index is -1.15. The van der Waals surface area contributed by atoms with Crippen LogP contribution in [0.15, 0.2) is 0 Å². The fraction of sp³-hybridized carbons (Fsp3) is 0.500. The molecule has 7 heteroatoms. The maximum absolute atomic E-state index is 11.5. The van der Waals surface area contributed by atoms with Crippen molar-refractivity contribution in [3.63, 3.8) is 0 Å². The van der Waals surface area contributed by atoms with Crippen molar-refractivity contribution in [2.24, 2.45) is 5.73 Å². The van der Waals surface area contributed by atoms with Crippen molar-refractivity contribution in [3.05, 3.63) is 0 Å². The number of nitrogens with one attached hydrogen (secondary N) is 1. The van der Waals surface area contributed by atoms with Gasteiger partial charge in [-0.15, -0.1) is 6.42 Å². The van der Waals surface area contributed by atoms with E-state index >= 15 is 0 Å². The van der Waals surface area contributed by atoms with Crippen LogP contribution in [0.1, 0.15) is 12.8 Å². The first-order valence-electron chi connectivity index (χ1n) is 4.93. The molecule has 0 bridgehead atoms. The lowest BCUT2D eigenvalue weighted by molar-refractivity contribution is -0.137. The molecule has 0 aliphatic carbocycles. The molecule has 0 unspecified atom stereocenters. The number of urea groups is 1. The van der Waals surface area contributed by atoms with E-state index in [1.54, 1.807) is 0 Å². The lowest BCUT2D eigenvalue weighted by Crippen LogP contribution is -2.43. The Morgan fingerprint density at radius 3 is 2.53 bits per heavy atom. The molecule has 0 atom stereocenters. The van der Waals surface area contributed by atoms with E-state index in [1.807, 2.05) is 0 Å². The Kier molecular flexibility index (Phi) is 6.94. The van der Waals surface area contributed by atoms with E-state index in [9.17, 15) is 14.4 Å². The summed E-state index contributed by atoms with van der Waals surface area (Å²) in [5, 5.41) is 11.0. The molecule has 0 saturated carbocycles. The predicted molar refractivity (Wildman–Crippen MR) is 59.9 cm³/mol. The molecule has 0 aliphatic heterocycles. The summed E-state index contributed by atoms with van der Waals surface area (Å²) in [5.41, 5.74) is 4.92. The van der Waals surface area contributed by atoms with Crippen LogP contribution in [0.5, 0.6) is 0 Å². The number of hydrogen-bond donors (Lipinski definition) is 3. The lowest BCUT2D eigenvalue weighted by atomic mass is 10.3. The van der Waals surface area contributed by atoms with E-state index in [1.165, 1.54) is 0 Å². The molecule has 7 nitrogen and oxygen atoms in total. The Hall–Kier alpha value is -2.23. The molecular weight excluding hydrogens is 226 g/mol. The average Bonchev–Trinajstić information content (AvgIpc) is 2.22. The summed E-state index contributed by atoms with van der Waals surface area (Å²) in [6.07, 6.45) is 5.57. The summed E-state index contributed by atoms with van der Waals surface area (Å²) in [7, 11) is 0. The Balaban J connectivity index is 4.02. The smallest absolute Gasteiger partial charge is 0.323 e. The molecule has 0 fully saturated rings. The van der Waals surface area contributed by atoms with Crippen LogP contribution < -0.4 is 11.1 Å². The van der Waals surface area contributed by atoms with Gasteiger partial charge < -0.3 is 21.1 Å². The number of terminal acetylenes is 1. The quantitative estimate of drug-likeness (QED) is 0.391. The molecule has 0 aliphatic rings. The van der Waals surface area contributed by atoms with Crippen molar-refractivity contribution in [2.45, 2.75) is 12.8 Å². The molecule has 0 aromatic heterocycles. The van der Waals surface area contributed by atoms with Gasteiger partial charge in [-0.1, -0.05) is 5.92 Å². The zero-order valence-corrected chi connectivity index (χ0v) is 9.31. The Morgan fingerprint density at radius 1 is 1.41 bits per heavy atom. The number of nitrogens with zero attached hydrogens (tertiary/aromatic N) is 1. The van der Waals surface area contributed by atoms with Crippen molar-refractivity contribution in [3.8, 4) is 12.3 Å². The van der Waals surface area contributed by atoms with Crippen molar-refractivity contribution in [2.75, 3.05) is 19.6 Å². The first-order valence-corrected chi connectivity index (χ1v) is 4.93. The normalized spacial score (nSPS) is 9.12. The summed E-state index contributed by atoms with van der Waals surface area (Å²) in [5.74, 6) is 0.591. The third-order valence-corrected chi connectivity index (χ3v) is 1.77. The molecule has 0 aromatic carbocycles. The van der Waals surface area contributed by atoms with Crippen LogP contribution in [0.3, 0.4) is 0 Å². The molecule has 0 aromatic rings. The van der Waals surface area contributed by atoms with E-state index in [0.29, 0.717) is 6.42 Å². The second-order valence-electron chi connectivity index (χ2n) is 3.26. The Bertz CT molecular complexity index is 335. The summed E-state index contributed by atoms with van der Waals surface area (Å²) in [6, 6.07) is -0.574. The van der Waals surface area contributed by atoms with Crippen LogP contribution in [0.4, 0.5) is 4.79 Å². The number of nitrogens with two attached hydrogens (primary N) is 1. The van der Waals surface area contributed by atoms with E-state index in [0.717, 1.165) is 4.90 Å². The van der Waals surface area contributed by atoms with Crippen molar-refractivity contribution < 1.29 is 19.5 Å². The molecule has 4 N–H and O–H groups in total. The van der Waals surface area contributed by atoms with Gasteiger partial charge in [-0.3, -0.25) is 9.59 Å². The molecule has 0 spiro atoms. The SMILES string of the molecule is C#CCN(CC(=O)O)C(=O)NCCCC(N)=O. The third-order valence-electron chi connectivity index (χ3n) is 1.77. The number of carboxylic acids is 1. The van der Waals surface area contributed by atoms with Gasteiger partial charge >= 0.3 is 12.0 Å². The molecule has 0 radical (unpaired) electrons. The number of amides is 3. The van der Waals surface area contributed by atoms with E-state index < -0.39 is 24.5 Å². The van der Waals surface area contributed by atoms with Gasteiger partial charge in [-0.25, -0.2) is 4.79 Å². The standard InChI is InChI=1S/C10H15N3O4/c1-2-6-13(7-9(15)16)10(17)12-5-3-4-8(11)14/h1H,3-7H2,(H2,11,14)(H,12,17)(H,15,16). The number of carbonyl (C=O) groups is 3. The third kappa shape index (κ3) is 7.67. The molecule has 94 valence electrons. The number of primary amides is 1. The fourth-order valence-corrected chi connectivity index (χ4v) is 1.04. The summed E-state index contributed by atoms with van der Waals surface area (Å²) in [4.78, 5) is 33.3. The minimum absolute atomic E-state index is 0.0893. The van der Waals surface area contributed by atoms with Crippen molar-refractivity contribution >= 4 is 17.9 Å². The van der Waals surface area contributed by atoms with Crippen LogP contribution in [0.25, 0.3) is 0 Å². The highest BCUT2D eigenvalue weighted by molar-refractivity contribution is 5.80. The number of hydrogen-bond acceptors (Lipinski definition) is 3. The van der Waals surface area contributed by atoms with Gasteiger partial charge in [-0.2, -0.15) is 0 Å². The lowest BCUT2D eigenvalue weighted by Gasteiger charge is -2.18. The first-order chi connectivity index (χ1) is 7.97. The summed E-state index contributed by atoms with van der Waals surface area (Å²) < 4.78 is 0. The maximum atomic E-state index is 11.5. The van der Waals surface area contributed by atoms with E-state index in [-0.39, 0.29) is 19.5 Å². The fourth-order valence-electron chi connectivity index (χ4n) is 1.04. The van der Waals surface area contributed by atoms with Gasteiger partial charge in [0.15, 0.2) is 0 Å². The van der Waals surface area contributed by atoms with Gasteiger partial charge in [0, 0.05) is 13.0 Å². The van der Waals surface area contributed by atoms with Gasteiger partial charge in [0.2, 0.25) is 5.91 Å². The molecule has 3 amide bonds. The largest absolute Gasteiger partial charge is 0.480 e. The Morgan fingerprint density at radius 2 is 2.06 bits per heavy atom. The van der Waals surface area contributed by atoms with Crippen LogP contribution in [0, 0.1) is 12.3 Å². The second-order valence-corrected chi connectivity index (χ2v) is 3.26. The van der Waals surface area contributed by atoms with E-state index in [2.05, 4.69) is 11.2 Å². The summed E-state index contributed by atoms with van der Waals surface area (Å²) in [6.45, 7) is -0.317. The molecule has 0 rings (SSSR count). The highest BCUT2D eigenvalue weighted by Crippen LogP contribution is 1.91. The zero-order valence-electron chi connectivity index (χ0n) is 9.31. The predicted octanol–water partition coefficient (Wildman–Crippen LogP) is -1.02. The van der Waals surface area contributed by atoms with Crippen LogP contribution >= 0.6 is 0 Å². The number of rotatable bonds is 7. The summed E-state index contributed by atoms with van der Waals surface area (Å²) >= 11 is 0. The van der Waals surface area contributed by atoms with Gasteiger partial charge in [0.1, 0.15) is 6.54 Å². The number of carboxylic acid groups (broad SMARTS) is 1. The average molecular weight is 241 g/mol. The van der Waals surface area contributed by atoms with Crippen LogP contribution in [0.2, 0.25) is 0 Å². The topological polar surface area (TPSA) is 113 Å². The monoisotopic (exact) mass is 241 g/mol. The second kappa shape index (κ2) is 7.98. The highest BCUT2D eigenvalue weighted by atomic mass is 16.4. The van der Waals surface area contributed by atoms with Gasteiger partial charge in [0.25, 0.3) is 0 Å². The molecule has 0 saturated heterocycles. The van der Waals surface area contributed by atoms with Crippen molar-refractivity contribution in [1.82, 2.24) is 10.2 Å². The molecular formula is C10H15N3O4. The number of aliphatic carboxylic acids is 1. The maximum Gasteiger partial charge on any atom is 0.323 e. The highest BCUT2D eigenvalue weighted by Gasteiger charge is 2.14. The minimum Gasteiger partial charge on any atom is -0.480 e. The van der Waals surface area contributed by atoms with E-state index in [4.69, 9.17) is 17.3 Å². The van der Waals surface area contributed by atoms with Crippen molar-refractivity contribution in [1.29, 1.82) is 0 Å².